The molecule has 0 bridgehead atoms. The average molecular weight is 305 g/mol. The minimum Gasteiger partial charge on any atom is -0.472 e. The van der Waals surface area contributed by atoms with Gasteiger partial charge in [-0.15, -0.1) is 10.2 Å². The molecule has 1 amide bonds. The minimum absolute atomic E-state index is 0.103. The Morgan fingerprint density at radius 1 is 1.27 bits per heavy atom. The fourth-order valence-electron chi connectivity index (χ4n) is 2.61. The van der Waals surface area contributed by atoms with Crippen LogP contribution in [-0.4, -0.2) is 74.4 Å². The Labute approximate surface area is 127 Å². The molecule has 22 heavy (non-hydrogen) atoms. The van der Waals surface area contributed by atoms with E-state index in [-0.39, 0.29) is 5.91 Å². The molecule has 0 aliphatic carbocycles. The number of aliphatic hydroxyl groups excluding tert-OH is 1. The monoisotopic (exact) mass is 305 g/mol. The Balaban J connectivity index is 1.57. The highest BCUT2D eigenvalue weighted by Gasteiger charge is 2.25. The molecule has 0 aromatic carbocycles. The number of carbonyl (C=O) groups is 1. The Morgan fingerprint density at radius 3 is 2.82 bits per heavy atom. The molecule has 0 spiro atoms. The van der Waals surface area contributed by atoms with Crippen molar-refractivity contribution in [3.05, 3.63) is 36.8 Å². The summed E-state index contributed by atoms with van der Waals surface area (Å²) in [5.41, 5.74) is 0.519. The van der Waals surface area contributed by atoms with E-state index >= 15 is 0 Å². The van der Waals surface area contributed by atoms with Crippen LogP contribution in [0.15, 0.2) is 35.7 Å². The first-order chi connectivity index (χ1) is 10.7. The van der Waals surface area contributed by atoms with Crippen molar-refractivity contribution in [3.63, 3.8) is 0 Å². The van der Waals surface area contributed by atoms with Crippen molar-refractivity contribution < 1.29 is 14.3 Å². The van der Waals surface area contributed by atoms with Crippen molar-refractivity contribution in [2.24, 2.45) is 0 Å². The maximum absolute atomic E-state index is 12.3. The summed E-state index contributed by atoms with van der Waals surface area (Å²) in [5.74, 6) is -0.103. The van der Waals surface area contributed by atoms with Crippen molar-refractivity contribution in [1.82, 2.24) is 24.6 Å². The smallest absolute Gasteiger partial charge is 0.257 e. The lowest BCUT2D eigenvalue weighted by Crippen LogP contribution is -2.37. The normalized spacial score (nSPS) is 20.0. The summed E-state index contributed by atoms with van der Waals surface area (Å²) in [6, 6.07) is 1.64. The van der Waals surface area contributed by atoms with Gasteiger partial charge < -0.3 is 19.0 Å². The SMILES string of the molecule is O=C(c1ccoc1)N1CCN(CCn2cnnc2)C[C@H](O)C1. The van der Waals surface area contributed by atoms with Gasteiger partial charge in [-0.3, -0.25) is 9.69 Å². The third-order valence-electron chi connectivity index (χ3n) is 3.78. The molecule has 2 aromatic rings. The molecule has 3 rings (SSSR count). The van der Waals surface area contributed by atoms with E-state index in [0.717, 1.165) is 19.6 Å². The largest absolute Gasteiger partial charge is 0.472 e. The molecular weight excluding hydrogens is 286 g/mol. The van der Waals surface area contributed by atoms with Crippen LogP contribution in [0, 0.1) is 0 Å². The molecule has 0 saturated carbocycles. The highest BCUT2D eigenvalue weighted by molar-refractivity contribution is 5.93. The summed E-state index contributed by atoms with van der Waals surface area (Å²) in [4.78, 5) is 16.1. The van der Waals surface area contributed by atoms with E-state index in [1.54, 1.807) is 23.6 Å². The van der Waals surface area contributed by atoms with Crippen LogP contribution >= 0.6 is 0 Å². The van der Waals surface area contributed by atoms with E-state index in [4.69, 9.17) is 4.42 Å². The van der Waals surface area contributed by atoms with Crippen LogP contribution < -0.4 is 0 Å². The zero-order valence-electron chi connectivity index (χ0n) is 12.2. The predicted molar refractivity (Wildman–Crippen MR) is 77.1 cm³/mol. The van der Waals surface area contributed by atoms with Crippen LogP contribution in [0.25, 0.3) is 0 Å². The zero-order valence-corrected chi connectivity index (χ0v) is 12.2. The number of carbonyl (C=O) groups excluding carboxylic acids is 1. The van der Waals surface area contributed by atoms with Crippen LogP contribution in [0.2, 0.25) is 0 Å². The average Bonchev–Trinajstić information content (AvgIpc) is 3.17. The molecule has 1 fully saturated rings. The Morgan fingerprint density at radius 2 is 2.09 bits per heavy atom. The van der Waals surface area contributed by atoms with Crippen molar-refractivity contribution in [2.75, 3.05) is 32.7 Å². The van der Waals surface area contributed by atoms with E-state index in [2.05, 4.69) is 15.1 Å². The number of hydrogen-bond donors (Lipinski definition) is 1. The summed E-state index contributed by atoms with van der Waals surface area (Å²) >= 11 is 0. The second kappa shape index (κ2) is 6.71. The molecule has 8 nitrogen and oxygen atoms in total. The highest BCUT2D eigenvalue weighted by atomic mass is 16.3. The number of aliphatic hydroxyl groups is 1. The molecule has 1 aliphatic rings. The van der Waals surface area contributed by atoms with Gasteiger partial charge in [0.2, 0.25) is 0 Å². The van der Waals surface area contributed by atoms with E-state index in [1.165, 1.54) is 12.5 Å². The van der Waals surface area contributed by atoms with Crippen molar-refractivity contribution in [3.8, 4) is 0 Å². The summed E-state index contributed by atoms with van der Waals surface area (Å²) in [7, 11) is 0. The molecule has 1 atom stereocenters. The van der Waals surface area contributed by atoms with E-state index in [1.807, 2.05) is 4.57 Å². The summed E-state index contributed by atoms with van der Waals surface area (Å²) < 4.78 is 6.85. The van der Waals surface area contributed by atoms with Crippen LogP contribution in [-0.2, 0) is 6.54 Å². The maximum atomic E-state index is 12.3. The quantitative estimate of drug-likeness (QED) is 0.834. The van der Waals surface area contributed by atoms with Crippen molar-refractivity contribution in [2.45, 2.75) is 12.6 Å². The summed E-state index contributed by atoms with van der Waals surface area (Å²) in [6.07, 6.45) is 5.70. The molecule has 1 N–H and O–H groups in total. The fraction of sp³-hybridized carbons (Fsp3) is 0.500. The fourth-order valence-corrected chi connectivity index (χ4v) is 2.61. The first kappa shape index (κ1) is 14.7. The standard InChI is InChI=1S/C14H19N5O3/c20-13-7-17(2-3-18-10-15-16-11-18)4-5-19(8-13)14(21)12-1-6-22-9-12/h1,6,9-11,13,20H,2-5,7-8H2/t13-/m0/s1. The predicted octanol–water partition coefficient (Wildman–Crippen LogP) is -0.310. The number of amides is 1. The third kappa shape index (κ3) is 3.52. The van der Waals surface area contributed by atoms with Gasteiger partial charge in [0.1, 0.15) is 18.9 Å². The topological polar surface area (TPSA) is 87.6 Å². The van der Waals surface area contributed by atoms with Crippen molar-refractivity contribution in [1.29, 1.82) is 0 Å². The van der Waals surface area contributed by atoms with Gasteiger partial charge in [0.25, 0.3) is 5.91 Å². The first-order valence-electron chi connectivity index (χ1n) is 7.26. The molecule has 3 heterocycles. The lowest BCUT2D eigenvalue weighted by molar-refractivity contribution is 0.0663. The lowest BCUT2D eigenvalue weighted by Gasteiger charge is -2.21. The van der Waals surface area contributed by atoms with Gasteiger partial charge in [-0.05, 0) is 6.07 Å². The second-order valence-corrected chi connectivity index (χ2v) is 5.42. The molecule has 2 aromatic heterocycles. The van der Waals surface area contributed by atoms with Gasteiger partial charge in [-0.25, -0.2) is 0 Å². The summed E-state index contributed by atoms with van der Waals surface area (Å²) in [5, 5.41) is 17.7. The van der Waals surface area contributed by atoms with Crippen LogP contribution in [0.1, 0.15) is 10.4 Å². The molecular formula is C14H19N5O3. The van der Waals surface area contributed by atoms with E-state index in [9.17, 15) is 9.90 Å². The van der Waals surface area contributed by atoms with Gasteiger partial charge in [-0.1, -0.05) is 0 Å². The highest BCUT2D eigenvalue weighted by Crippen LogP contribution is 2.10. The first-order valence-corrected chi connectivity index (χ1v) is 7.26. The number of rotatable bonds is 4. The Bertz CT molecular complexity index is 584. The maximum Gasteiger partial charge on any atom is 0.257 e. The van der Waals surface area contributed by atoms with Crippen LogP contribution in [0.3, 0.4) is 0 Å². The van der Waals surface area contributed by atoms with Gasteiger partial charge in [0, 0.05) is 39.3 Å². The zero-order chi connectivity index (χ0) is 15.4. The number of nitrogens with zero attached hydrogens (tertiary/aromatic N) is 5. The molecule has 0 unspecified atom stereocenters. The Kier molecular flexibility index (Phi) is 4.50. The number of furan rings is 1. The molecule has 8 heteroatoms. The number of β-amino-alcohol motifs (C(OH)–C–C–N with tert-alkyl or cyclic N) is 1. The van der Waals surface area contributed by atoms with Crippen LogP contribution in [0.4, 0.5) is 0 Å². The molecule has 1 aliphatic heterocycles. The van der Waals surface area contributed by atoms with Gasteiger partial charge in [0.05, 0.1) is 17.9 Å². The lowest BCUT2D eigenvalue weighted by atomic mass is 10.2. The minimum atomic E-state index is -0.556. The Hall–Kier alpha value is -2.19. The van der Waals surface area contributed by atoms with E-state index in [0.29, 0.717) is 25.2 Å². The second-order valence-electron chi connectivity index (χ2n) is 5.42. The summed E-state index contributed by atoms with van der Waals surface area (Å²) in [6.45, 7) is 3.74. The van der Waals surface area contributed by atoms with Gasteiger partial charge in [0.15, 0.2) is 0 Å². The number of hydrogen-bond acceptors (Lipinski definition) is 6. The third-order valence-corrected chi connectivity index (χ3v) is 3.78. The van der Waals surface area contributed by atoms with Gasteiger partial charge in [-0.2, -0.15) is 0 Å². The molecule has 1 saturated heterocycles. The molecule has 118 valence electrons. The van der Waals surface area contributed by atoms with E-state index < -0.39 is 6.10 Å². The van der Waals surface area contributed by atoms with Crippen molar-refractivity contribution >= 4 is 5.91 Å². The van der Waals surface area contributed by atoms with Crippen LogP contribution in [0.5, 0.6) is 0 Å². The van der Waals surface area contributed by atoms with Gasteiger partial charge >= 0.3 is 0 Å². The number of aromatic nitrogens is 3. The molecule has 0 radical (unpaired) electrons.